The number of carbonyl (C=O) groups is 4. The molecule has 0 spiro atoms. The van der Waals surface area contributed by atoms with E-state index in [2.05, 4.69) is 21.3 Å². The lowest BCUT2D eigenvalue weighted by Crippen LogP contribution is -2.68. The van der Waals surface area contributed by atoms with Gasteiger partial charge in [0.15, 0.2) is 34.3 Å². The van der Waals surface area contributed by atoms with E-state index in [1.54, 1.807) is 112 Å². The molecule has 4 amide bonds. The summed E-state index contributed by atoms with van der Waals surface area (Å²) >= 11 is 0. The van der Waals surface area contributed by atoms with Crippen molar-refractivity contribution in [2.24, 2.45) is 21.7 Å². The number of nitrogens with zero attached hydrogens (tertiary/aromatic N) is 3. The van der Waals surface area contributed by atoms with Crippen molar-refractivity contribution in [3.63, 3.8) is 0 Å². The number of alkyl carbamates (subject to hydrolysis) is 1. The van der Waals surface area contributed by atoms with Gasteiger partial charge in [0.1, 0.15) is 43.7 Å². The van der Waals surface area contributed by atoms with Gasteiger partial charge >= 0.3 is 6.09 Å². The molecule has 6 atom stereocenters. The number of ether oxygens (including phenoxy) is 4. The van der Waals surface area contributed by atoms with Gasteiger partial charge in [0, 0.05) is 63.0 Å². The van der Waals surface area contributed by atoms with Crippen LogP contribution in [0.3, 0.4) is 0 Å². The van der Waals surface area contributed by atoms with E-state index in [-0.39, 0.29) is 102 Å². The number of aliphatic hydroxyl groups excluding tert-OH is 9. The van der Waals surface area contributed by atoms with E-state index in [9.17, 15) is 65.1 Å². The minimum Gasteiger partial charge on any atom is -0.483 e. The van der Waals surface area contributed by atoms with Gasteiger partial charge in [0.05, 0.1) is 57.8 Å². The lowest BCUT2D eigenvalue weighted by atomic mass is 9.35. The Morgan fingerprint density at radius 1 is 0.412 bits per heavy atom. The molecule has 10 rings (SSSR count). The number of nitrogens with one attached hydrogen (secondary N) is 4. The van der Waals surface area contributed by atoms with Crippen LogP contribution < -0.4 is 51.8 Å². The molecular formula is C70H87N7O20. The molecule has 97 heavy (non-hydrogen) atoms. The van der Waals surface area contributed by atoms with E-state index in [0.717, 1.165) is 18.2 Å². The van der Waals surface area contributed by atoms with Crippen LogP contribution in [-0.4, -0.2) is 172 Å². The highest BCUT2D eigenvalue weighted by Crippen LogP contribution is 2.73. The smallest absolute Gasteiger partial charge is 0.407 e. The highest BCUT2D eigenvalue weighted by molar-refractivity contribution is 5.96. The number of pyridine rings is 3. The minimum atomic E-state index is -1.66. The molecule has 4 aliphatic rings. The lowest BCUT2D eigenvalue weighted by molar-refractivity contribution is -0.194. The molecule has 4 bridgehead atoms. The van der Waals surface area contributed by atoms with Crippen LogP contribution in [0.25, 0.3) is 0 Å². The zero-order valence-electron chi connectivity index (χ0n) is 54.4. The molecule has 13 N–H and O–H groups in total. The number of hydrogen-bond donors (Lipinski definition) is 13. The summed E-state index contributed by atoms with van der Waals surface area (Å²) in [5.41, 5.74) is -6.27. The van der Waals surface area contributed by atoms with Crippen molar-refractivity contribution in [3.05, 3.63) is 192 Å². The van der Waals surface area contributed by atoms with Gasteiger partial charge in [-0.3, -0.25) is 28.8 Å². The third-order valence-corrected chi connectivity index (χ3v) is 18.1. The number of rotatable bonds is 32. The highest BCUT2D eigenvalue weighted by atomic mass is 16.6. The van der Waals surface area contributed by atoms with E-state index >= 15 is 14.4 Å². The Morgan fingerprint density at radius 2 is 0.670 bits per heavy atom. The van der Waals surface area contributed by atoms with Crippen molar-refractivity contribution in [2.45, 2.75) is 141 Å². The fourth-order valence-electron chi connectivity index (χ4n) is 14.7. The summed E-state index contributed by atoms with van der Waals surface area (Å²) in [5, 5.41) is 106. The number of benzene rings is 3. The van der Waals surface area contributed by atoms with E-state index in [0.29, 0.717) is 16.7 Å². The SMILES string of the molecule is CC(C)(C)OC(=O)NCC12CC3(CNC(=O)c4c(OCc5ccccc5)c(=O)ccn4CC(O)C(O)CO)CC(CNC(=O)c4c(OCc5ccccc5)c(=O)ccn4CC(O)C(O)CO)(C1)CC(CNC(=O)c1c(OCc4ccccc4)c(=O)ccn1CC(O)C(O)CO)(C2)C3. The Kier molecular flexibility index (Phi) is 23.3. The maximum absolute atomic E-state index is 15.3. The molecule has 0 aliphatic heterocycles. The topological polar surface area (TPSA) is 401 Å². The first-order valence-electron chi connectivity index (χ1n) is 32.1. The molecule has 0 saturated heterocycles. The van der Waals surface area contributed by atoms with E-state index in [1.807, 2.05) is 0 Å². The standard InChI is InChI=1S/C70H87N7O20/c1-66(2,3)97-65(93)74-43-70-37-67(40-71-62(90)56-59(94-31-44-13-7-4-8-14-44)47(81)19-22-75(56)25-50(84)53(87)28-78)34-68(38-70,41-72-63(91)57-60(95-32-45-15-9-5-10-16-45)48(82)20-23-76(57)26-51(85)54(88)29-79)36-69(35-67,39-70)42-73-64(92)58-61(96-33-46-17-11-6-12-18-46)49(83)21-24-77(58)27-52(86)55(89)30-80/h4-24,50-55,78-80,84-89H,25-43H2,1-3H3,(H,71,90)(H,72,91)(H,73,92)(H,74,93). The normalized spacial score (nSPS) is 21.3. The molecule has 3 aromatic heterocycles. The van der Waals surface area contributed by atoms with Crippen molar-refractivity contribution < 1.29 is 84.1 Å². The molecule has 3 aromatic carbocycles. The quantitative estimate of drug-likeness (QED) is 0.0284. The Hall–Kier alpha value is -8.77. The first-order valence-corrected chi connectivity index (χ1v) is 32.1. The summed E-state index contributed by atoms with van der Waals surface area (Å²) in [5.74, 6) is -3.76. The van der Waals surface area contributed by atoms with Gasteiger partial charge in [0.2, 0.25) is 16.3 Å². The fraction of sp³-hybridized carbons (Fsp3) is 0.471. The number of amides is 4. The zero-order chi connectivity index (χ0) is 69.9. The Labute approximate surface area is 558 Å². The molecule has 522 valence electrons. The van der Waals surface area contributed by atoms with Gasteiger partial charge in [-0.05, 0) is 97.6 Å². The van der Waals surface area contributed by atoms with Crippen molar-refractivity contribution in [1.29, 1.82) is 0 Å². The van der Waals surface area contributed by atoms with Crippen LogP contribution in [-0.2, 0) is 44.2 Å². The maximum atomic E-state index is 15.3. The van der Waals surface area contributed by atoms with E-state index in [4.69, 9.17) is 18.9 Å². The predicted octanol–water partition coefficient (Wildman–Crippen LogP) is 1.49. The second-order valence-electron chi connectivity index (χ2n) is 27.3. The third kappa shape index (κ3) is 17.9. The van der Waals surface area contributed by atoms with Crippen LogP contribution in [0.4, 0.5) is 4.79 Å². The minimum absolute atomic E-state index is 0.0503. The van der Waals surface area contributed by atoms with Gasteiger partial charge in [-0.25, -0.2) is 4.79 Å². The van der Waals surface area contributed by atoms with Gasteiger partial charge in [0.25, 0.3) is 17.7 Å². The average Bonchev–Trinajstić information content (AvgIpc) is 0.686. The number of aliphatic hydroxyl groups is 9. The van der Waals surface area contributed by atoms with Gasteiger partial charge < -0.3 is 99.9 Å². The summed E-state index contributed by atoms with van der Waals surface area (Å²) in [4.78, 5) is 102. The van der Waals surface area contributed by atoms with Crippen LogP contribution in [0.5, 0.6) is 17.2 Å². The molecule has 27 nitrogen and oxygen atoms in total. The predicted molar refractivity (Wildman–Crippen MR) is 350 cm³/mol. The zero-order valence-corrected chi connectivity index (χ0v) is 54.4. The number of aromatic nitrogens is 3. The van der Waals surface area contributed by atoms with Gasteiger partial charge in [-0.1, -0.05) is 91.0 Å². The van der Waals surface area contributed by atoms with Crippen LogP contribution in [0, 0.1) is 21.7 Å². The maximum Gasteiger partial charge on any atom is 0.407 e. The monoisotopic (exact) mass is 1350 g/mol. The third-order valence-electron chi connectivity index (χ3n) is 18.1. The molecule has 6 aromatic rings. The number of carbonyl (C=O) groups excluding carboxylic acids is 4. The molecule has 4 aliphatic carbocycles. The van der Waals surface area contributed by atoms with E-state index < -0.39 is 161 Å². The van der Waals surface area contributed by atoms with Crippen molar-refractivity contribution in [3.8, 4) is 17.2 Å². The summed E-state index contributed by atoms with van der Waals surface area (Å²) in [6, 6.07) is 29.8. The summed E-state index contributed by atoms with van der Waals surface area (Å²) < 4.78 is 27.9. The van der Waals surface area contributed by atoms with Crippen molar-refractivity contribution >= 4 is 23.8 Å². The van der Waals surface area contributed by atoms with Crippen molar-refractivity contribution in [2.75, 3.05) is 46.0 Å². The fourth-order valence-corrected chi connectivity index (χ4v) is 14.7. The van der Waals surface area contributed by atoms with Crippen molar-refractivity contribution in [1.82, 2.24) is 35.0 Å². The second kappa shape index (κ2) is 31.2. The second-order valence-corrected chi connectivity index (χ2v) is 27.3. The molecule has 27 heteroatoms. The molecule has 0 radical (unpaired) electrons. The van der Waals surface area contributed by atoms with Crippen LogP contribution in [0.2, 0.25) is 0 Å². The van der Waals surface area contributed by atoms with Gasteiger partial charge in [-0.15, -0.1) is 0 Å². The van der Waals surface area contributed by atoms with Crippen LogP contribution in [0.1, 0.15) is 107 Å². The Balaban J connectivity index is 1.15. The summed E-state index contributed by atoms with van der Waals surface area (Å²) in [6.07, 6.45) is -5.39. The van der Waals surface area contributed by atoms with Crippen LogP contribution >= 0.6 is 0 Å². The lowest BCUT2D eigenvalue weighted by Gasteiger charge is -2.71. The highest BCUT2D eigenvalue weighted by Gasteiger charge is 2.68. The van der Waals surface area contributed by atoms with Crippen LogP contribution in [0.15, 0.2) is 142 Å². The van der Waals surface area contributed by atoms with Gasteiger partial charge in [-0.2, -0.15) is 0 Å². The molecule has 6 unspecified atom stereocenters. The average molecular weight is 1350 g/mol. The molecule has 3 heterocycles. The Bertz CT molecular complexity index is 3520. The Morgan fingerprint density at radius 3 is 0.918 bits per heavy atom. The first kappa shape index (κ1) is 72.5. The molecule has 4 saturated carbocycles. The number of hydrogen-bond acceptors (Lipinski definition) is 20. The first-order chi connectivity index (χ1) is 46.2. The summed E-state index contributed by atoms with van der Waals surface area (Å²) in [6.45, 7) is -0.00673. The molecular weight excluding hydrogens is 1260 g/mol. The summed E-state index contributed by atoms with van der Waals surface area (Å²) in [7, 11) is 0. The molecule has 4 fully saturated rings. The van der Waals surface area contributed by atoms with E-state index in [1.165, 1.54) is 32.3 Å². The largest absolute Gasteiger partial charge is 0.483 e.